The van der Waals surface area contributed by atoms with Crippen molar-refractivity contribution in [3.63, 3.8) is 0 Å². The van der Waals surface area contributed by atoms with Crippen LogP contribution in [0.3, 0.4) is 0 Å². The van der Waals surface area contributed by atoms with Gasteiger partial charge in [-0.25, -0.2) is 19.0 Å². The van der Waals surface area contributed by atoms with Crippen molar-refractivity contribution in [1.29, 1.82) is 0 Å². The summed E-state index contributed by atoms with van der Waals surface area (Å²) in [5, 5.41) is 12.7. The number of nitrogens with one attached hydrogen (secondary N) is 1. The Bertz CT molecular complexity index is 1480. The van der Waals surface area contributed by atoms with E-state index in [1.807, 2.05) is 5.09 Å². The van der Waals surface area contributed by atoms with Crippen molar-refractivity contribution in [3.8, 4) is 11.6 Å². The summed E-state index contributed by atoms with van der Waals surface area (Å²) in [5.74, 6) is -1.43. The molecule has 37 heavy (non-hydrogen) atoms. The van der Waals surface area contributed by atoms with Gasteiger partial charge in [0.25, 0.3) is 0 Å². The highest BCUT2D eigenvalue weighted by Gasteiger charge is 2.56. The summed E-state index contributed by atoms with van der Waals surface area (Å²) in [4.78, 5) is 24.3. The molecule has 0 spiro atoms. The number of halogens is 1. The van der Waals surface area contributed by atoms with E-state index in [2.05, 4.69) is 15.0 Å². The van der Waals surface area contributed by atoms with Gasteiger partial charge in [-0.3, -0.25) is 13.9 Å². The number of anilines is 1. The number of benzene rings is 1. The molecule has 6 atom stereocenters. The van der Waals surface area contributed by atoms with Crippen LogP contribution in [0.2, 0.25) is 0 Å². The third-order valence-electron chi connectivity index (χ3n) is 5.55. The normalized spacial score (nSPS) is 28.8. The number of para-hydroxylation sites is 1. The van der Waals surface area contributed by atoms with Crippen LogP contribution in [0.5, 0.6) is 11.6 Å². The Morgan fingerprint density at radius 1 is 1.46 bits per heavy atom. The van der Waals surface area contributed by atoms with Gasteiger partial charge in [0.2, 0.25) is 11.8 Å². The van der Waals surface area contributed by atoms with E-state index >= 15 is 4.39 Å². The predicted molar refractivity (Wildman–Crippen MR) is 130 cm³/mol. The molecule has 1 fully saturated rings. The van der Waals surface area contributed by atoms with Crippen LogP contribution in [0, 0.1) is 0 Å². The lowest BCUT2D eigenvalue weighted by Gasteiger charge is -2.25. The number of nitrogen functional groups attached to an aromatic ring is 1. The zero-order chi connectivity index (χ0) is 30.4. The minimum Gasteiger partial charge on any atom is -0.479 e. The van der Waals surface area contributed by atoms with Gasteiger partial charge >= 0.3 is 7.75 Å². The molecule has 1 aromatic carbocycles. The van der Waals surface area contributed by atoms with Gasteiger partial charge in [0.15, 0.2) is 23.1 Å². The Balaban J connectivity index is 1.63. The number of methoxy groups -OCH3 is 1. The van der Waals surface area contributed by atoms with Crippen molar-refractivity contribution in [2.75, 3.05) is 19.5 Å². The summed E-state index contributed by atoms with van der Waals surface area (Å²) in [7, 11) is -3.55. The number of nitrogens with two attached hydrogens (primary N) is 1. The van der Waals surface area contributed by atoms with Crippen LogP contribution in [0.15, 0.2) is 36.7 Å². The van der Waals surface area contributed by atoms with E-state index in [4.69, 9.17) is 29.7 Å². The van der Waals surface area contributed by atoms with Crippen molar-refractivity contribution in [2.24, 2.45) is 0 Å². The third-order valence-corrected chi connectivity index (χ3v) is 6.99. The van der Waals surface area contributed by atoms with Crippen LogP contribution in [0.4, 0.5) is 10.3 Å². The lowest BCUT2D eigenvalue weighted by atomic mass is 9.98. The second kappa shape index (κ2) is 10.3. The van der Waals surface area contributed by atoms with Gasteiger partial charge in [0.05, 0.1) is 27.4 Å². The largest absolute Gasteiger partial charge is 0.479 e. The molecule has 0 saturated carbocycles. The van der Waals surface area contributed by atoms with Crippen molar-refractivity contribution < 1.29 is 42.9 Å². The first-order chi connectivity index (χ1) is 19.0. The SMILES string of the molecule is [2H]C([2H])([2H])[C@]([2H])(NP(=O)(OC[C@H]1O[C@@H](n2cnc3c(OC)nc(N)nc32)[C@](C)(F)[C@@H]1O)Oc1ccccc1)C(C)=O. The number of ketones is 1. The van der Waals surface area contributed by atoms with Crippen LogP contribution in [0.25, 0.3) is 11.2 Å². The van der Waals surface area contributed by atoms with E-state index in [-0.39, 0.29) is 28.7 Å². The van der Waals surface area contributed by atoms with Crippen LogP contribution < -0.4 is 20.1 Å². The van der Waals surface area contributed by atoms with Crippen molar-refractivity contribution in [1.82, 2.24) is 24.6 Å². The summed E-state index contributed by atoms with van der Waals surface area (Å²) in [6.07, 6.45) is -3.75. The van der Waals surface area contributed by atoms with Gasteiger partial charge in [-0.2, -0.15) is 9.97 Å². The summed E-state index contributed by atoms with van der Waals surface area (Å²) in [5.41, 5.74) is 3.41. The number of nitrogens with zero attached hydrogens (tertiary/aromatic N) is 4. The van der Waals surface area contributed by atoms with Gasteiger partial charge in [-0.1, -0.05) is 18.2 Å². The first-order valence-electron chi connectivity index (χ1n) is 12.9. The highest BCUT2D eigenvalue weighted by molar-refractivity contribution is 7.52. The molecular weight excluding hydrogens is 510 g/mol. The molecule has 0 radical (unpaired) electrons. The number of aliphatic hydroxyl groups excluding tert-OH is 1. The molecule has 2 aromatic heterocycles. The summed E-state index contributed by atoms with van der Waals surface area (Å²) in [6.45, 7) is -2.25. The molecule has 1 aliphatic heterocycles. The maximum atomic E-state index is 15.9. The van der Waals surface area contributed by atoms with Crippen LogP contribution >= 0.6 is 7.75 Å². The Hall–Kier alpha value is -3.16. The average Bonchev–Trinajstić information content (AvgIpc) is 3.39. The van der Waals surface area contributed by atoms with Crippen molar-refractivity contribution in [3.05, 3.63) is 36.7 Å². The smallest absolute Gasteiger partial charge is 0.459 e. The van der Waals surface area contributed by atoms with Crippen LogP contribution in [0.1, 0.15) is 32.4 Å². The Morgan fingerprint density at radius 3 is 2.84 bits per heavy atom. The fourth-order valence-electron chi connectivity index (χ4n) is 3.66. The zero-order valence-electron chi connectivity index (χ0n) is 24.0. The number of hydrogen-bond donors (Lipinski definition) is 3. The lowest BCUT2D eigenvalue weighted by Crippen LogP contribution is -2.41. The molecule has 4 N–H and O–H groups in total. The molecule has 0 aliphatic carbocycles. The third kappa shape index (κ3) is 5.43. The van der Waals surface area contributed by atoms with Gasteiger partial charge in [-0.15, -0.1) is 0 Å². The average molecular weight is 542 g/mol. The molecule has 1 aliphatic rings. The molecule has 1 saturated heterocycles. The molecule has 13 nitrogen and oxygen atoms in total. The number of fused-ring (bicyclic) bond motifs is 1. The number of aromatic nitrogens is 4. The van der Waals surface area contributed by atoms with Gasteiger partial charge < -0.3 is 24.8 Å². The molecule has 0 bridgehead atoms. The quantitative estimate of drug-likeness (QED) is 0.319. The Kier molecular flexibility index (Phi) is 6.09. The molecule has 0 amide bonds. The highest BCUT2D eigenvalue weighted by Crippen LogP contribution is 2.48. The Labute approximate surface area is 217 Å². The molecule has 3 heterocycles. The number of carbonyl (C=O) groups excluding carboxylic acids is 1. The monoisotopic (exact) mass is 542 g/mol. The van der Waals surface area contributed by atoms with E-state index in [1.54, 1.807) is 6.07 Å². The van der Waals surface area contributed by atoms with Crippen molar-refractivity contribution >= 4 is 30.6 Å². The Morgan fingerprint density at radius 2 is 2.19 bits per heavy atom. The molecule has 1 unspecified atom stereocenters. The zero-order valence-corrected chi connectivity index (χ0v) is 20.9. The van der Waals surface area contributed by atoms with Crippen LogP contribution in [-0.4, -0.2) is 68.0 Å². The number of aliphatic hydroxyl groups is 1. The molecule has 15 heteroatoms. The minimum atomic E-state index is -4.87. The van der Waals surface area contributed by atoms with Crippen molar-refractivity contribution in [2.45, 2.75) is 50.8 Å². The number of carbonyl (C=O) groups is 1. The number of ether oxygens (including phenoxy) is 2. The molecule has 3 aromatic rings. The summed E-state index contributed by atoms with van der Waals surface area (Å²) in [6, 6.07) is 4.30. The molecular formula is C22H28FN6O7P. The number of Topliss-reactive ketones (excluding diaryl/α,β-unsaturated/α-hetero) is 1. The predicted octanol–water partition coefficient (Wildman–Crippen LogP) is 2.17. The molecule has 200 valence electrons. The van der Waals surface area contributed by atoms with E-state index in [1.165, 1.54) is 37.7 Å². The number of hydrogen-bond acceptors (Lipinski definition) is 11. The number of imidazole rings is 1. The fourth-order valence-corrected chi connectivity index (χ4v) is 5.00. The second-order valence-electron chi connectivity index (χ2n) is 8.28. The van der Waals surface area contributed by atoms with Gasteiger partial charge in [-0.05, 0) is 32.8 Å². The van der Waals surface area contributed by atoms with E-state index in [0.29, 0.717) is 0 Å². The summed E-state index contributed by atoms with van der Waals surface area (Å²) >= 11 is 0. The maximum absolute atomic E-state index is 15.9. The van der Waals surface area contributed by atoms with E-state index in [9.17, 15) is 14.5 Å². The first kappa shape index (κ1) is 21.9. The molecule has 4 rings (SSSR count). The first-order valence-corrected chi connectivity index (χ1v) is 12.4. The topological polar surface area (TPSA) is 173 Å². The highest BCUT2D eigenvalue weighted by atomic mass is 31.2. The van der Waals surface area contributed by atoms with Crippen LogP contribution in [-0.2, 0) is 18.6 Å². The minimum absolute atomic E-state index is 0.0221. The lowest BCUT2D eigenvalue weighted by molar-refractivity contribution is -0.118. The standard InChI is InChI=1S/C22H28FN6O7P/c1-12(13(2)30)28-37(32,36-14-8-6-5-7-9-14)34-10-15-17(31)22(3,23)20(35-15)29-11-25-16-18(29)26-21(24)27-19(16)33-4/h5-9,11-12,15,17,20,31H,10H2,1-4H3,(H,28,32)(H2,24,26,27)/t12-,15+,17+,20+,22+,37?/m0/s1/i1D3,12D. The number of alkyl halides is 1. The van der Waals surface area contributed by atoms with E-state index < -0.39 is 57.1 Å². The number of rotatable bonds is 10. The second-order valence-corrected chi connectivity index (χ2v) is 9.94. The van der Waals surface area contributed by atoms with E-state index in [0.717, 1.165) is 18.4 Å². The summed E-state index contributed by atoms with van der Waals surface area (Å²) < 4.78 is 83.8. The maximum Gasteiger partial charge on any atom is 0.459 e. The fraction of sp³-hybridized carbons (Fsp3) is 0.455. The van der Waals surface area contributed by atoms with Gasteiger partial charge in [0, 0.05) is 4.11 Å². The van der Waals surface area contributed by atoms with Gasteiger partial charge in [0.1, 0.15) is 23.7 Å².